The van der Waals surface area contributed by atoms with Crippen LogP contribution < -0.4 is 4.74 Å². The second-order valence-corrected chi connectivity index (χ2v) is 6.62. The predicted octanol–water partition coefficient (Wildman–Crippen LogP) is 3.14. The summed E-state index contributed by atoms with van der Waals surface area (Å²) >= 11 is 0. The van der Waals surface area contributed by atoms with Gasteiger partial charge in [-0.2, -0.15) is 0 Å². The summed E-state index contributed by atoms with van der Waals surface area (Å²) in [5.41, 5.74) is 3.07. The minimum Gasteiger partial charge on any atom is -0.492 e. The zero-order valence-corrected chi connectivity index (χ0v) is 15.1. The van der Waals surface area contributed by atoms with Crippen LogP contribution in [0, 0.1) is 13.8 Å². The van der Waals surface area contributed by atoms with E-state index in [9.17, 15) is 4.79 Å². The highest BCUT2D eigenvalue weighted by Crippen LogP contribution is 2.16. The molecular formula is C21H26N2O2. The summed E-state index contributed by atoms with van der Waals surface area (Å²) in [4.78, 5) is 16.9. The molecule has 0 saturated carbocycles. The van der Waals surface area contributed by atoms with Crippen LogP contribution in [0.2, 0.25) is 0 Å². The third-order valence-corrected chi connectivity index (χ3v) is 4.68. The molecule has 2 aromatic rings. The highest BCUT2D eigenvalue weighted by atomic mass is 16.5. The Labute approximate surface area is 150 Å². The normalized spacial score (nSPS) is 15.2. The number of nitrogens with zero attached hydrogens (tertiary/aromatic N) is 2. The van der Waals surface area contributed by atoms with Crippen molar-refractivity contribution in [3.63, 3.8) is 0 Å². The molecule has 1 heterocycles. The Morgan fingerprint density at radius 3 is 2.48 bits per heavy atom. The third-order valence-electron chi connectivity index (χ3n) is 4.68. The summed E-state index contributed by atoms with van der Waals surface area (Å²) in [5.74, 6) is 1.09. The first-order chi connectivity index (χ1) is 12.1. The second-order valence-electron chi connectivity index (χ2n) is 6.62. The molecule has 0 radical (unpaired) electrons. The van der Waals surface area contributed by atoms with Crippen LogP contribution in [0.3, 0.4) is 0 Å². The van der Waals surface area contributed by atoms with Gasteiger partial charge >= 0.3 is 0 Å². The fourth-order valence-corrected chi connectivity index (χ4v) is 3.14. The average molecular weight is 338 g/mol. The van der Waals surface area contributed by atoms with Crippen molar-refractivity contribution in [2.45, 2.75) is 13.8 Å². The zero-order chi connectivity index (χ0) is 17.6. The lowest BCUT2D eigenvalue weighted by Gasteiger charge is -2.34. The third kappa shape index (κ3) is 4.60. The van der Waals surface area contributed by atoms with E-state index >= 15 is 0 Å². The van der Waals surface area contributed by atoms with E-state index in [-0.39, 0.29) is 5.91 Å². The first kappa shape index (κ1) is 17.5. The van der Waals surface area contributed by atoms with Gasteiger partial charge in [0.05, 0.1) is 0 Å². The van der Waals surface area contributed by atoms with Crippen molar-refractivity contribution in [1.29, 1.82) is 0 Å². The van der Waals surface area contributed by atoms with Gasteiger partial charge in [0.15, 0.2) is 0 Å². The summed E-state index contributed by atoms with van der Waals surface area (Å²) < 4.78 is 5.87. The van der Waals surface area contributed by atoms with Crippen LogP contribution >= 0.6 is 0 Å². The van der Waals surface area contributed by atoms with Gasteiger partial charge in [-0.3, -0.25) is 9.69 Å². The maximum atomic E-state index is 12.6. The minimum absolute atomic E-state index is 0.138. The number of benzene rings is 2. The Bertz CT molecular complexity index is 721. The van der Waals surface area contributed by atoms with Crippen LogP contribution in [-0.4, -0.2) is 55.0 Å². The molecule has 0 atom stereocenters. The van der Waals surface area contributed by atoms with E-state index in [4.69, 9.17) is 4.74 Å². The molecule has 25 heavy (non-hydrogen) atoms. The van der Waals surface area contributed by atoms with E-state index in [0.29, 0.717) is 6.61 Å². The Morgan fingerprint density at radius 2 is 1.76 bits per heavy atom. The van der Waals surface area contributed by atoms with Crippen molar-refractivity contribution in [2.24, 2.45) is 0 Å². The van der Waals surface area contributed by atoms with Crippen molar-refractivity contribution < 1.29 is 9.53 Å². The molecule has 2 aromatic carbocycles. The molecule has 0 N–H and O–H groups in total. The first-order valence-electron chi connectivity index (χ1n) is 8.90. The molecule has 1 aliphatic rings. The number of carbonyl (C=O) groups is 1. The van der Waals surface area contributed by atoms with Crippen LogP contribution in [0.5, 0.6) is 5.75 Å². The topological polar surface area (TPSA) is 32.8 Å². The van der Waals surface area contributed by atoms with Gasteiger partial charge in [-0.05, 0) is 37.6 Å². The average Bonchev–Trinajstić information content (AvgIpc) is 2.63. The molecule has 0 bridgehead atoms. The maximum Gasteiger partial charge on any atom is 0.253 e. The fourth-order valence-electron chi connectivity index (χ4n) is 3.14. The zero-order valence-electron chi connectivity index (χ0n) is 15.1. The lowest BCUT2D eigenvalue weighted by molar-refractivity contribution is 0.0620. The quantitative estimate of drug-likeness (QED) is 0.840. The fraction of sp³-hybridized carbons (Fsp3) is 0.381. The molecule has 1 aliphatic heterocycles. The number of para-hydroxylation sites is 1. The van der Waals surface area contributed by atoms with Gasteiger partial charge in [0.1, 0.15) is 12.4 Å². The molecule has 0 aliphatic carbocycles. The van der Waals surface area contributed by atoms with Gasteiger partial charge in [0.2, 0.25) is 0 Å². The predicted molar refractivity (Wildman–Crippen MR) is 100 cm³/mol. The number of carbonyl (C=O) groups excluding carboxylic acids is 1. The van der Waals surface area contributed by atoms with Crippen LogP contribution in [0.25, 0.3) is 0 Å². The van der Waals surface area contributed by atoms with Crippen LogP contribution in [0.1, 0.15) is 21.5 Å². The van der Waals surface area contributed by atoms with E-state index in [1.807, 2.05) is 54.3 Å². The largest absolute Gasteiger partial charge is 0.492 e. The number of aryl methyl sites for hydroxylation is 2. The van der Waals surface area contributed by atoms with E-state index < -0.39 is 0 Å². The van der Waals surface area contributed by atoms with E-state index in [1.165, 1.54) is 0 Å². The Kier molecular flexibility index (Phi) is 5.71. The summed E-state index contributed by atoms with van der Waals surface area (Å²) in [6.45, 7) is 8.99. The highest BCUT2D eigenvalue weighted by molar-refractivity contribution is 5.94. The van der Waals surface area contributed by atoms with Gasteiger partial charge in [0, 0.05) is 38.3 Å². The molecule has 1 amide bonds. The van der Waals surface area contributed by atoms with Gasteiger partial charge in [-0.25, -0.2) is 0 Å². The maximum absolute atomic E-state index is 12.6. The summed E-state index contributed by atoms with van der Waals surface area (Å²) in [6, 6.07) is 15.9. The lowest BCUT2D eigenvalue weighted by Crippen LogP contribution is -2.49. The van der Waals surface area contributed by atoms with Crippen LogP contribution in [0.15, 0.2) is 48.5 Å². The summed E-state index contributed by atoms with van der Waals surface area (Å²) in [6.07, 6.45) is 0. The monoisotopic (exact) mass is 338 g/mol. The highest BCUT2D eigenvalue weighted by Gasteiger charge is 2.22. The number of piperazine rings is 1. The van der Waals surface area contributed by atoms with Gasteiger partial charge < -0.3 is 9.64 Å². The van der Waals surface area contributed by atoms with Gasteiger partial charge in [-0.1, -0.05) is 35.9 Å². The van der Waals surface area contributed by atoms with Crippen LogP contribution in [-0.2, 0) is 0 Å². The lowest BCUT2D eigenvalue weighted by atomic mass is 10.1. The smallest absolute Gasteiger partial charge is 0.253 e. The molecule has 4 nitrogen and oxygen atoms in total. The molecule has 0 unspecified atom stereocenters. The van der Waals surface area contributed by atoms with Crippen LogP contribution in [0.4, 0.5) is 0 Å². The summed E-state index contributed by atoms with van der Waals surface area (Å²) in [5, 5.41) is 0. The number of rotatable bonds is 5. The number of hydrogen-bond donors (Lipinski definition) is 0. The number of hydrogen-bond acceptors (Lipinski definition) is 3. The van der Waals surface area contributed by atoms with E-state index in [1.54, 1.807) is 0 Å². The number of amides is 1. The van der Waals surface area contributed by atoms with Crippen molar-refractivity contribution in [3.8, 4) is 5.75 Å². The summed E-state index contributed by atoms with van der Waals surface area (Å²) in [7, 11) is 0. The molecule has 1 saturated heterocycles. The molecule has 132 valence electrons. The van der Waals surface area contributed by atoms with Crippen molar-refractivity contribution in [3.05, 3.63) is 65.2 Å². The van der Waals surface area contributed by atoms with Crippen molar-refractivity contribution in [1.82, 2.24) is 9.80 Å². The van der Waals surface area contributed by atoms with E-state index in [0.717, 1.165) is 55.2 Å². The Hall–Kier alpha value is -2.33. The number of ether oxygens (including phenoxy) is 1. The molecular weight excluding hydrogens is 312 g/mol. The van der Waals surface area contributed by atoms with Gasteiger partial charge in [-0.15, -0.1) is 0 Å². The second kappa shape index (κ2) is 8.17. The molecule has 0 aromatic heterocycles. The molecule has 0 spiro atoms. The Balaban J connectivity index is 1.44. The molecule has 3 rings (SSSR count). The SMILES string of the molecule is Cc1cccc(C(=O)N2CCN(CCOc3ccccc3C)CC2)c1. The molecule has 1 fully saturated rings. The molecule has 4 heteroatoms. The first-order valence-corrected chi connectivity index (χ1v) is 8.90. The van der Waals surface area contributed by atoms with E-state index in [2.05, 4.69) is 17.9 Å². The van der Waals surface area contributed by atoms with Crippen molar-refractivity contribution in [2.75, 3.05) is 39.3 Å². The standard InChI is InChI=1S/C21H26N2O2/c1-17-6-5-8-19(16-17)21(24)23-12-10-22(11-13-23)14-15-25-20-9-4-3-7-18(20)2/h3-9,16H,10-15H2,1-2H3. The minimum atomic E-state index is 0.138. The van der Waals surface area contributed by atoms with Crippen molar-refractivity contribution >= 4 is 5.91 Å². The van der Waals surface area contributed by atoms with Gasteiger partial charge in [0.25, 0.3) is 5.91 Å². The Morgan fingerprint density at radius 1 is 1.00 bits per heavy atom.